The molecule has 2 rings (SSSR count). The third-order valence-electron chi connectivity index (χ3n) is 4.08. The minimum absolute atomic E-state index is 0.190. The van der Waals surface area contributed by atoms with Crippen LogP contribution in [0.25, 0.3) is 0 Å². The summed E-state index contributed by atoms with van der Waals surface area (Å²) in [7, 11) is 0. The molecule has 0 bridgehead atoms. The molecule has 1 heterocycles. The number of benzene rings is 1. The summed E-state index contributed by atoms with van der Waals surface area (Å²) in [5.74, 6) is 1.55. The van der Waals surface area contributed by atoms with Gasteiger partial charge < -0.3 is 14.7 Å². The van der Waals surface area contributed by atoms with Crippen molar-refractivity contribution in [1.29, 1.82) is 0 Å². The van der Waals surface area contributed by atoms with E-state index in [9.17, 15) is 14.7 Å². The Hall–Kier alpha value is -2.48. The average molecular weight is 301 g/mol. The molecule has 0 saturated carbocycles. The Kier molecular flexibility index (Phi) is 5.05. The minimum Gasteiger partial charge on any atom is -0.481 e. The molecule has 1 saturated heterocycles. The number of carboxylic acids is 1. The number of nitrogens with zero attached hydrogens (tertiary/aromatic N) is 1. The standard InChI is InChI=1S/C17H19NO4/c1-2-8-17(15(19)20)9-11-18(12-10-17)16(21)22-13-14-6-4-3-5-7-14/h1,3-7H,8-13H2,(H,19,20). The Morgan fingerprint density at radius 2 is 1.91 bits per heavy atom. The molecular formula is C17H19NO4. The van der Waals surface area contributed by atoms with E-state index in [2.05, 4.69) is 5.92 Å². The van der Waals surface area contributed by atoms with Crippen LogP contribution in [0.2, 0.25) is 0 Å². The molecule has 1 aromatic carbocycles. The highest BCUT2D eigenvalue weighted by atomic mass is 16.6. The summed E-state index contributed by atoms with van der Waals surface area (Å²) in [5, 5.41) is 9.37. The number of piperidine rings is 1. The van der Waals surface area contributed by atoms with Gasteiger partial charge in [0.15, 0.2) is 0 Å². The van der Waals surface area contributed by atoms with E-state index in [4.69, 9.17) is 11.2 Å². The van der Waals surface area contributed by atoms with Crippen molar-refractivity contribution < 1.29 is 19.4 Å². The predicted octanol–water partition coefficient (Wildman–Crippen LogP) is 2.51. The summed E-state index contributed by atoms with van der Waals surface area (Å²) in [6.07, 6.45) is 5.75. The van der Waals surface area contributed by atoms with Gasteiger partial charge in [0.25, 0.3) is 0 Å². The first-order chi connectivity index (χ1) is 10.6. The summed E-state index contributed by atoms with van der Waals surface area (Å²) >= 11 is 0. The van der Waals surface area contributed by atoms with E-state index in [1.165, 1.54) is 0 Å². The Bertz CT molecular complexity index is 568. The van der Waals surface area contributed by atoms with Gasteiger partial charge in [0.1, 0.15) is 6.61 Å². The fourth-order valence-corrected chi connectivity index (χ4v) is 2.59. The first-order valence-corrected chi connectivity index (χ1v) is 7.20. The minimum atomic E-state index is -0.912. The fourth-order valence-electron chi connectivity index (χ4n) is 2.59. The molecule has 0 spiro atoms. The first-order valence-electron chi connectivity index (χ1n) is 7.20. The van der Waals surface area contributed by atoms with Crippen LogP contribution < -0.4 is 0 Å². The Morgan fingerprint density at radius 3 is 2.45 bits per heavy atom. The predicted molar refractivity (Wildman–Crippen MR) is 81.0 cm³/mol. The van der Waals surface area contributed by atoms with Crippen molar-refractivity contribution in [1.82, 2.24) is 4.90 Å². The highest BCUT2D eigenvalue weighted by Crippen LogP contribution is 2.35. The number of ether oxygens (including phenoxy) is 1. The van der Waals surface area contributed by atoms with Gasteiger partial charge in [0.05, 0.1) is 5.41 Å². The third-order valence-corrected chi connectivity index (χ3v) is 4.08. The molecule has 0 aromatic heterocycles. The lowest BCUT2D eigenvalue weighted by Crippen LogP contribution is -2.46. The van der Waals surface area contributed by atoms with E-state index < -0.39 is 17.5 Å². The van der Waals surface area contributed by atoms with Crippen molar-refractivity contribution in [2.75, 3.05) is 13.1 Å². The summed E-state index contributed by atoms with van der Waals surface area (Å²) in [4.78, 5) is 25.0. The SMILES string of the molecule is C#CCC1(C(=O)O)CCN(C(=O)OCc2ccccc2)CC1. The van der Waals surface area contributed by atoms with Gasteiger partial charge in [-0.2, -0.15) is 0 Å². The second-order valence-corrected chi connectivity index (χ2v) is 5.49. The lowest BCUT2D eigenvalue weighted by molar-refractivity contribution is -0.151. The zero-order valence-electron chi connectivity index (χ0n) is 12.3. The van der Waals surface area contributed by atoms with Crippen molar-refractivity contribution in [3.63, 3.8) is 0 Å². The van der Waals surface area contributed by atoms with Crippen LogP contribution in [-0.4, -0.2) is 35.2 Å². The number of carbonyl (C=O) groups is 2. The van der Waals surface area contributed by atoms with Gasteiger partial charge in [-0.1, -0.05) is 30.3 Å². The summed E-state index contributed by atoms with van der Waals surface area (Å²) in [5.41, 5.74) is 0.00499. The van der Waals surface area contributed by atoms with Crippen LogP contribution in [0.5, 0.6) is 0 Å². The molecule has 5 nitrogen and oxygen atoms in total. The first kappa shape index (κ1) is 15.9. The van der Waals surface area contributed by atoms with Crippen LogP contribution >= 0.6 is 0 Å². The molecular weight excluding hydrogens is 282 g/mol. The maximum atomic E-state index is 12.0. The van der Waals surface area contributed by atoms with Gasteiger partial charge in [-0.25, -0.2) is 4.79 Å². The van der Waals surface area contributed by atoms with Crippen LogP contribution in [0.4, 0.5) is 4.79 Å². The maximum Gasteiger partial charge on any atom is 0.410 e. The van der Waals surface area contributed by atoms with E-state index in [1.54, 1.807) is 4.90 Å². The second-order valence-electron chi connectivity index (χ2n) is 5.49. The summed E-state index contributed by atoms with van der Waals surface area (Å²) in [6.45, 7) is 0.911. The van der Waals surface area contributed by atoms with Crippen LogP contribution in [0.15, 0.2) is 30.3 Å². The molecule has 22 heavy (non-hydrogen) atoms. The van der Waals surface area contributed by atoms with Crippen LogP contribution in [0, 0.1) is 17.8 Å². The molecule has 1 aromatic rings. The molecule has 0 aliphatic carbocycles. The second kappa shape index (κ2) is 6.99. The van der Waals surface area contributed by atoms with Crippen molar-refractivity contribution in [2.45, 2.75) is 25.9 Å². The Morgan fingerprint density at radius 1 is 1.27 bits per heavy atom. The highest BCUT2D eigenvalue weighted by molar-refractivity contribution is 5.76. The fraction of sp³-hybridized carbons (Fsp3) is 0.412. The van der Waals surface area contributed by atoms with Gasteiger partial charge in [0, 0.05) is 19.5 Å². The van der Waals surface area contributed by atoms with E-state index in [0.717, 1.165) is 5.56 Å². The lowest BCUT2D eigenvalue weighted by Gasteiger charge is -2.37. The zero-order chi connectivity index (χ0) is 16.0. The van der Waals surface area contributed by atoms with Gasteiger partial charge in [-0.3, -0.25) is 4.79 Å². The van der Waals surface area contributed by atoms with Crippen molar-refractivity contribution in [2.24, 2.45) is 5.41 Å². The van der Waals surface area contributed by atoms with Crippen LogP contribution in [0.3, 0.4) is 0 Å². The number of hydrogen-bond donors (Lipinski definition) is 1. The molecule has 0 atom stereocenters. The molecule has 1 amide bonds. The number of aliphatic carboxylic acids is 1. The number of carboxylic acid groups (broad SMARTS) is 1. The van der Waals surface area contributed by atoms with Gasteiger partial charge >= 0.3 is 12.1 Å². The normalized spacial score (nSPS) is 16.6. The number of terminal acetylenes is 1. The largest absolute Gasteiger partial charge is 0.481 e. The van der Waals surface area contributed by atoms with E-state index in [0.29, 0.717) is 25.9 Å². The van der Waals surface area contributed by atoms with Crippen LogP contribution in [-0.2, 0) is 16.1 Å². The molecule has 116 valence electrons. The van der Waals surface area contributed by atoms with Crippen molar-refractivity contribution in [3.05, 3.63) is 35.9 Å². The number of amides is 1. The zero-order valence-corrected chi connectivity index (χ0v) is 12.3. The third kappa shape index (κ3) is 3.59. The summed E-state index contributed by atoms with van der Waals surface area (Å²) < 4.78 is 5.26. The number of likely N-dealkylation sites (tertiary alicyclic amines) is 1. The molecule has 0 unspecified atom stereocenters. The van der Waals surface area contributed by atoms with Crippen molar-refractivity contribution >= 4 is 12.1 Å². The molecule has 5 heteroatoms. The van der Waals surface area contributed by atoms with Gasteiger partial charge in [0.2, 0.25) is 0 Å². The monoisotopic (exact) mass is 301 g/mol. The van der Waals surface area contributed by atoms with Crippen LogP contribution in [0.1, 0.15) is 24.8 Å². The Labute approximate surface area is 129 Å². The maximum absolute atomic E-state index is 12.0. The van der Waals surface area contributed by atoms with E-state index >= 15 is 0 Å². The highest BCUT2D eigenvalue weighted by Gasteiger charge is 2.42. The number of carbonyl (C=O) groups excluding carboxylic acids is 1. The van der Waals surface area contributed by atoms with Gasteiger partial charge in [-0.15, -0.1) is 12.3 Å². The lowest BCUT2D eigenvalue weighted by atomic mass is 9.76. The van der Waals surface area contributed by atoms with E-state index in [1.807, 2.05) is 30.3 Å². The number of rotatable bonds is 4. The molecule has 1 aliphatic heterocycles. The molecule has 0 radical (unpaired) electrons. The molecule has 1 aliphatic rings. The number of hydrogen-bond acceptors (Lipinski definition) is 3. The van der Waals surface area contributed by atoms with Gasteiger partial charge in [-0.05, 0) is 18.4 Å². The molecule has 1 fully saturated rings. The van der Waals surface area contributed by atoms with E-state index in [-0.39, 0.29) is 13.0 Å². The quantitative estimate of drug-likeness (QED) is 0.868. The summed E-state index contributed by atoms with van der Waals surface area (Å²) in [6, 6.07) is 9.42. The Balaban J connectivity index is 1.87. The average Bonchev–Trinajstić information content (AvgIpc) is 2.54. The van der Waals surface area contributed by atoms with Crippen molar-refractivity contribution in [3.8, 4) is 12.3 Å². The molecule has 1 N–H and O–H groups in total. The smallest absolute Gasteiger partial charge is 0.410 e. The topological polar surface area (TPSA) is 66.8 Å².